The van der Waals surface area contributed by atoms with Crippen molar-refractivity contribution in [3.8, 4) is 0 Å². The van der Waals surface area contributed by atoms with Crippen LogP contribution in [0.5, 0.6) is 0 Å². The molecule has 2 atom stereocenters. The van der Waals surface area contributed by atoms with E-state index in [1.54, 1.807) is 12.1 Å². The van der Waals surface area contributed by atoms with Crippen molar-refractivity contribution in [2.24, 2.45) is 0 Å². The van der Waals surface area contributed by atoms with Gasteiger partial charge in [-0.2, -0.15) is 0 Å². The Balaban J connectivity index is 0.00000210. The molecule has 27 heavy (non-hydrogen) atoms. The molecule has 5 nitrogen and oxygen atoms in total. The first kappa shape index (κ1) is 19.8. The molecule has 0 aromatic heterocycles. The van der Waals surface area contributed by atoms with Gasteiger partial charge in [0.05, 0.1) is 24.8 Å². The molecule has 2 fully saturated rings. The highest BCUT2D eigenvalue weighted by Gasteiger charge is 2.36. The van der Waals surface area contributed by atoms with E-state index in [4.69, 9.17) is 4.74 Å². The molecular formula is C21H25ClN2O3. The lowest BCUT2D eigenvalue weighted by Gasteiger charge is -2.48. The summed E-state index contributed by atoms with van der Waals surface area (Å²) in [5.41, 5.74) is 2.72. The topological polar surface area (TPSA) is 53.0 Å². The standard InChI is InChI=1S/C21H24N2O3.ClH/c24-21(25)18-8-4-5-16(11-18)12-22-9-10-23-19(13-22)14-26-15-20(23)17-6-2-1-3-7-17;/h1-8,11,19-20H,9-10,12-15H2,(H,24,25);1H/t19-,20-;/m1./s1. The molecule has 2 saturated heterocycles. The quantitative estimate of drug-likeness (QED) is 0.872. The van der Waals surface area contributed by atoms with Crippen LogP contribution >= 0.6 is 12.4 Å². The van der Waals surface area contributed by atoms with Gasteiger partial charge >= 0.3 is 5.97 Å². The minimum absolute atomic E-state index is 0. The molecule has 144 valence electrons. The normalized spacial score (nSPS) is 23.3. The molecule has 6 heteroatoms. The number of rotatable bonds is 4. The summed E-state index contributed by atoms with van der Waals surface area (Å²) >= 11 is 0. The van der Waals surface area contributed by atoms with Crippen LogP contribution in [0.2, 0.25) is 0 Å². The lowest BCUT2D eigenvalue weighted by molar-refractivity contribution is -0.0835. The molecule has 0 unspecified atom stereocenters. The Bertz CT molecular complexity index is 771. The third kappa shape index (κ3) is 4.50. The van der Waals surface area contributed by atoms with Gasteiger partial charge < -0.3 is 9.84 Å². The number of carboxylic acid groups (broad SMARTS) is 1. The Labute approximate surface area is 166 Å². The van der Waals surface area contributed by atoms with E-state index in [-0.39, 0.29) is 12.4 Å². The van der Waals surface area contributed by atoms with Crippen LogP contribution in [0.25, 0.3) is 0 Å². The Morgan fingerprint density at radius 2 is 1.89 bits per heavy atom. The number of hydrogen-bond acceptors (Lipinski definition) is 4. The van der Waals surface area contributed by atoms with Crippen molar-refractivity contribution in [3.63, 3.8) is 0 Å². The molecular weight excluding hydrogens is 364 g/mol. The molecule has 0 amide bonds. The molecule has 0 spiro atoms. The monoisotopic (exact) mass is 388 g/mol. The summed E-state index contributed by atoms with van der Waals surface area (Å²) in [7, 11) is 0. The molecule has 2 aromatic carbocycles. The summed E-state index contributed by atoms with van der Waals surface area (Å²) < 4.78 is 5.91. The van der Waals surface area contributed by atoms with Gasteiger partial charge in [0.1, 0.15) is 0 Å². The molecule has 0 bridgehead atoms. The number of morpholine rings is 1. The van der Waals surface area contributed by atoms with E-state index < -0.39 is 5.97 Å². The van der Waals surface area contributed by atoms with Crippen LogP contribution in [0.3, 0.4) is 0 Å². The highest BCUT2D eigenvalue weighted by atomic mass is 35.5. The Kier molecular flexibility index (Phi) is 6.50. The minimum atomic E-state index is -0.872. The predicted octanol–water partition coefficient (Wildman–Crippen LogP) is 3.06. The van der Waals surface area contributed by atoms with E-state index >= 15 is 0 Å². The first-order valence-corrected chi connectivity index (χ1v) is 9.14. The van der Waals surface area contributed by atoms with Gasteiger partial charge in [0.25, 0.3) is 0 Å². The zero-order valence-corrected chi connectivity index (χ0v) is 16.0. The van der Waals surface area contributed by atoms with Crippen molar-refractivity contribution in [2.75, 3.05) is 32.8 Å². The van der Waals surface area contributed by atoms with E-state index in [1.807, 2.05) is 18.2 Å². The number of halogens is 1. The number of fused-ring (bicyclic) bond motifs is 1. The summed E-state index contributed by atoms with van der Waals surface area (Å²) in [4.78, 5) is 16.1. The van der Waals surface area contributed by atoms with Gasteiger partial charge in [-0.05, 0) is 23.3 Å². The minimum Gasteiger partial charge on any atom is -0.478 e. The number of aromatic carboxylic acids is 1. The van der Waals surface area contributed by atoms with Crippen LogP contribution in [-0.2, 0) is 11.3 Å². The first-order valence-electron chi connectivity index (χ1n) is 9.14. The predicted molar refractivity (Wildman–Crippen MR) is 106 cm³/mol. The number of carbonyl (C=O) groups is 1. The van der Waals surface area contributed by atoms with Gasteiger partial charge in [-0.3, -0.25) is 9.80 Å². The van der Waals surface area contributed by atoms with Crippen LogP contribution in [-0.4, -0.2) is 59.8 Å². The number of ether oxygens (including phenoxy) is 1. The summed E-state index contributed by atoms with van der Waals surface area (Å²) in [6.45, 7) is 5.22. The second-order valence-corrected chi connectivity index (χ2v) is 7.10. The lowest BCUT2D eigenvalue weighted by atomic mass is 10.00. The third-order valence-corrected chi connectivity index (χ3v) is 5.36. The highest BCUT2D eigenvalue weighted by molar-refractivity contribution is 5.87. The molecule has 1 N–H and O–H groups in total. The summed E-state index contributed by atoms with van der Waals surface area (Å²) in [6.07, 6.45) is 0. The molecule has 0 saturated carbocycles. The number of hydrogen-bond donors (Lipinski definition) is 1. The Morgan fingerprint density at radius 3 is 2.67 bits per heavy atom. The van der Waals surface area contributed by atoms with Crippen molar-refractivity contribution >= 4 is 18.4 Å². The maximum atomic E-state index is 11.2. The number of nitrogens with zero attached hydrogens (tertiary/aromatic N) is 2. The van der Waals surface area contributed by atoms with E-state index in [0.29, 0.717) is 17.6 Å². The van der Waals surface area contributed by atoms with Crippen LogP contribution in [0, 0.1) is 0 Å². The molecule has 0 aliphatic carbocycles. The fraction of sp³-hybridized carbons (Fsp3) is 0.381. The smallest absolute Gasteiger partial charge is 0.335 e. The fourth-order valence-corrected chi connectivity index (χ4v) is 4.07. The van der Waals surface area contributed by atoms with Crippen molar-refractivity contribution in [1.82, 2.24) is 9.80 Å². The van der Waals surface area contributed by atoms with Gasteiger partial charge in [0, 0.05) is 32.2 Å². The van der Waals surface area contributed by atoms with E-state index in [0.717, 1.165) is 45.0 Å². The van der Waals surface area contributed by atoms with Crippen LogP contribution in [0.4, 0.5) is 0 Å². The maximum absolute atomic E-state index is 11.2. The third-order valence-electron chi connectivity index (χ3n) is 5.36. The molecule has 2 heterocycles. The number of piperazine rings is 1. The SMILES string of the molecule is Cl.O=C(O)c1cccc(CN2CCN3[C@@H](COC[C@@H]3c3ccccc3)C2)c1. The van der Waals surface area contributed by atoms with Gasteiger partial charge in [0.15, 0.2) is 0 Å². The molecule has 2 aliphatic heterocycles. The van der Waals surface area contributed by atoms with Gasteiger partial charge in [-0.15, -0.1) is 12.4 Å². The van der Waals surface area contributed by atoms with Crippen LogP contribution < -0.4 is 0 Å². The summed E-state index contributed by atoms with van der Waals surface area (Å²) in [6, 6.07) is 18.5. The Hall–Kier alpha value is -1.92. The van der Waals surface area contributed by atoms with E-state index in [1.165, 1.54) is 5.56 Å². The van der Waals surface area contributed by atoms with Crippen molar-refractivity contribution in [2.45, 2.75) is 18.6 Å². The van der Waals surface area contributed by atoms with Crippen molar-refractivity contribution in [1.29, 1.82) is 0 Å². The van der Waals surface area contributed by atoms with Crippen molar-refractivity contribution < 1.29 is 14.6 Å². The van der Waals surface area contributed by atoms with Crippen LogP contribution in [0.15, 0.2) is 54.6 Å². The molecule has 0 radical (unpaired) electrons. The first-order chi connectivity index (χ1) is 12.7. The zero-order chi connectivity index (χ0) is 17.9. The maximum Gasteiger partial charge on any atom is 0.335 e. The number of carboxylic acids is 1. The Morgan fingerprint density at radius 1 is 1.07 bits per heavy atom. The highest BCUT2D eigenvalue weighted by Crippen LogP contribution is 2.29. The van der Waals surface area contributed by atoms with Crippen molar-refractivity contribution in [3.05, 3.63) is 71.3 Å². The average molecular weight is 389 g/mol. The molecule has 2 aliphatic rings. The zero-order valence-electron chi connectivity index (χ0n) is 15.2. The second-order valence-electron chi connectivity index (χ2n) is 7.10. The van der Waals surface area contributed by atoms with Gasteiger partial charge in [0.2, 0.25) is 0 Å². The van der Waals surface area contributed by atoms with Gasteiger partial charge in [-0.25, -0.2) is 4.79 Å². The van der Waals surface area contributed by atoms with E-state index in [2.05, 4.69) is 34.1 Å². The van der Waals surface area contributed by atoms with Gasteiger partial charge in [-0.1, -0.05) is 42.5 Å². The molecule has 4 rings (SSSR count). The number of benzene rings is 2. The summed E-state index contributed by atoms with van der Waals surface area (Å²) in [5, 5.41) is 9.17. The largest absolute Gasteiger partial charge is 0.478 e. The average Bonchev–Trinajstić information content (AvgIpc) is 2.68. The second kappa shape index (κ2) is 8.85. The lowest BCUT2D eigenvalue weighted by Crippen LogP contribution is -2.58. The molecule has 2 aromatic rings. The summed E-state index contributed by atoms with van der Waals surface area (Å²) in [5.74, 6) is -0.872. The fourth-order valence-electron chi connectivity index (χ4n) is 4.07. The van der Waals surface area contributed by atoms with E-state index in [9.17, 15) is 9.90 Å². The van der Waals surface area contributed by atoms with Crippen LogP contribution in [0.1, 0.15) is 27.5 Å².